The van der Waals surface area contributed by atoms with Gasteiger partial charge in [-0.25, -0.2) is 0 Å². The van der Waals surface area contributed by atoms with Crippen molar-refractivity contribution in [2.24, 2.45) is 0 Å². The summed E-state index contributed by atoms with van der Waals surface area (Å²) in [6, 6.07) is 14.1. The number of hydrogen-bond acceptors (Lipinski definition) is 4. The van der Waals surface area contributed by atoms with Gasteiger partial charge >= 0.3 is 0 Å². The maximum absolute atomic E-state index is 12.4. The van der Waals surface area contributed by atoms with Gasteiger partial charge in [-0.15, -0.1) is 0 Å². The molecule has 0 aromatic heterocycles. The number of carbonyl (C=O) groups is 1. The quantitative estimate of drug-likeness (QED) is 0.595. The van der Waals surface area contributed by atoms with Crippen molar-refractivity contribution in [1.29, 1.82) is 0 Å². The fourth-order valence-corrected chi connectivity index (χ4v) is 2.54. The summed E-state index contributed by atoms with van der Waals surface area (Å²) in [4.78, 5) is 24.9. The van der Waals surface area contributed by atoms with Crippen LogP contribution in [-0.4, -0.2) is 28.3 Å². The zero-order valence-electron chi connectivity index (χ0n) is 14.1. The van der Waals surface area contributed by atoms with Crippen LogP contribution in [0.2, 0.25) is 5.02 Å². The van der Waals surface area contributed by atoms with Crippen molar-refractivity contribution in [3.63, 3.8) is 0 Å². The van der Waals surface area contributed by atoms with E-state index < -0.39 is 4.92 Å². The number of hydrogen-bond donors (Lipinski definition) is 1. The van der Waals surface area contributed by atoms with Gasteiger partial charge in [0, 0.05) is 23.7 Å². The number of benzene rings is 2. The molecule has 25 heavy (non-hydrogen) atoms. The predicted octanol–water partition coefficient (Wildman–Crippen LogP) is 4.10. The van der Waals surface area contributed by atoms with Gasteiger partial charge in [0.05, 0.1) is 11.5 Å². The Bertz CT molecular complexity index is 750. The van der Waals surface area contributed by atoms with Crippen molar-refractivity contribution in [2.45, 2.75) is 26.4 Å². The fraction of sp³-hybridized carbons (Fsp3) is 0.278. The summed E-state index contributed by atoms with van der Waals surface area (Å²) in [5.74, 6) is -0.310. The smallest absolute Gasteiger partial charge is 0.294 e. The van der Waals surface area contributed by atoms with E-state index in [2.05, 4.69) is 5.32 Å². The molecule has 2 rings (SSSR count). The van der Waals surface area contributed by atoms with Crippen molar-refractivity contribution in [3.05, 3.63) is 69.2 Å². The molecule has 6 nitrogen and oxygen atoms in total. The van der Waals surface area contributed by atoms with E-state index in [-0.39, 0.29) is 34.9 Å². The highest BCUT2D eigenvalue weighted by Gasteiger charge is 2.19. The van der Waals surface area contributed by atoms with Gasteiger partial charge in [0.2, 0.25) is 5.91 Å². The number of carbonyl (C=O) groups excluding carboxylic acids is 1. The van der Waals surface area contributed by atoms with E-state index in [0.717, 1.165) is 5.56 Å². The maximum Gasteiger partial charge on any atom is 0.294 e. The minimum Gasteiger partial charge on any atom is -0.319 e. The molecule has 0 saturated carbocycles. The number of rotatable bonds is 7. The molecule has 1 amide bonds. The zero-order chi connectivity index (χ0) is 18.4. The lowest BCUT2D eigenvalue weighted by Crippen LogP contribution is -2.37. The summed E-state index contributed by atoms with van der Waals surface area (Å²) >= 11 is 5.79. The molecule has 0 bridgehead atoms. The number of amides is 1. The Labute approximate surface area is 151 Å². The highest BCUT2D eigenvalue weighted by atomic mass is 35.5. The molecular formula is C18H20ClN3O3. The molecule has 0 unspecified atom stereocenters. The molecule has 7 heteroatoms. The topological polar surface area (TPSA) is 75.5 Å². The summed E-state index contributed by atoms with van der Waals surface area (Å²) in [5, 5.41) is 14.0. The third kappa shape index (κ3) is 5.55. The zero-order valence-corrected chi connectivity index (χ0v) is 14.9. The first-order chi connectivity index (χ1) is 11.9. The first-order valence-corrected chi connectivity index (χ1v) is 8.26. The van der Waals surface area contributed by atoms with Crippen LogP contribution in [0.4, 0.5) is 11.4 Å². The maximum atomic E-state index is 12.4. The van der Waals surface area contributed by atoms with Crippen LogP contribution in [0.1, 0.15) is 19.4 Å². The molecule has 2 aromatic rings. The molecule has 2 aromatic carbocycles. The highest BCUT2D eigenvalue weighted by Crippen LogP contribution is 2.27. The Balaban J connectivity index is 2.08. The lowest BCUT2D eigenvalue weighted by Gasteiger charge is -2.25. The van der Waals surface area contributed by atoms with Crippen molar-refractivity contribution >= 4 is 28.9 Å². The molecule has 0 heterocycles. The van der Waals surface area contributed by atoms with Gasteiger partial charge in [-0.05, 0) is 31.5 Å². The molecule has 0 aliphatic carbocycles. The van der Waals surface area contributed by atoms with Gasteiger partial charge in [0.15, 0.2) is 0 Å². The van der Waals surface area contributed by atoms with E-state index in [0.29, 0.717) is 6.54 Å². The van der Waals surface area contributed by atoms with E-state index in [1.807, 2.05) is 49.1 Å². The standard InChI is InChI=1S/C18H20ClN3O3/c1-13(2)21(11-14-6-4-3-5-7-14)12-18(23)20-16-9-8-15(19)10-17(16)22(24)25/h3-10,13H,11-12H2,1-2H3,(H,20,23). The second kappa shape index (κ2) is 8.60. The normalized spacial score (nSPS) is 10.9. The van der Waals surface area contributed by atoms with Crippen LogP contribution in [0.15, 0.2) is 48.5 Å². The minimum absolute atomic E-state index is 0.131. The average molecular weight is 362 g/mol. The molecule has 0 aliphatic heterocycles. The number of nitrogens with one attached hydrogen (secondary N) is 1. The second-order valence-electron chi connectivity index (χ2n) is 5.95. The number of nitro groups is 1. The molecule has 0 spiro atoms. The van der Waals surface area contributed by atoms with E-state index in [9.17, 15) is 14.9 Å². The van der Waals surface area contributed by atoms with Crippen LogP contribution in [0.3, 0.4) is 0 Å². The van der Waals surface area contributed by atoms with E-state index in [1.165, 1.54) is 18.2 Å². The number of nitrogens with zero attached hydrogens (tertiary/aromatic N) is 2. The summed E-state index contributed by atoms with van der Waals surface area (Å²) < 4.78 is 0. The highest BCUT2D eigenvalue weighted by molar-refractivity contribution is 6.31. The summed E-state index contributed by atoms with van der Waals surface area (Å²) in [6.07, 6.45) is 0. The third-order valence-electron chi connectivity index (χ3n) is 3.74. The van der Waals surface area contributed by atoms with Crippen molar-refractivity contribution in [2.75, 3.05) is 11.9 Å². The first kappa shape index (κ1) is 18.9. The lowest BCUT2D eigenvalue weighted by atomic mass is 10.2. The summed E-state index contributed by atoms with van der Waals surface area (Å²) in [5.41, 5.74) is 1.02. The largest absolute Gasteiger partial charge is 0.319 e. The van der Waals surface area contributed by atoms with E-state index >= 15 is 0 Å². The first-order valence-electron chi connectivity index (χ1n) is 7.88. The Morgan fingerprint density at radius 3 is 2.52 bits per heavy atom. The average Bonchev–Trinajstić information content (AvgIpc) is 2.56. The number of nitro benzene ring substituents is 1. The van der Waals surface area contributed by atoms with Gasteiger partial charge in [-0.1, -0.05) is 41.9 Å². The summed E-state index contributed by atoms with van der Waals surface area (Å²) in [7, 11) is 0. The van der Waals surface area contributed by atoms with Gasteiger partial charge in [-0.3, -0.25) is 19.8 Å². The van der Waals surface area contributed by atoms with Gasteiger partial charge in [0.1, 0.15) is 5.69 Å². The predicted molar refractivity (Wildman–Crippen MR) is 98.7 cm³/mol. The fourth-order valence-electron chi connectivity index (χ4n) is 2.37. The van der Waals surface area contributed by atoms with Gasteiger partial charge < -0.3 is 5.32 Å². The monoisotopic (exact) mass is 361 g/mol. The van der Waals surface area contributed by atoms with Crippen molar-refractivity contribution < 1.29 is 9.72 Å². The molecule has 132 valence electrons. The third-order valence-corrected chi connectivity index (χ3v) is 3.97. The second-order valence-corrected chi connectivity index (χ2v) is 6.39. The number of anilines is 1. The van der Waals surface area contributed by atoms with Crippen molar-refractivity contribution in [3.8, 4) is 0 Å². The van der Waals surface area contributed by atoms with Crippen LogP contribution in [0.25, 0.3) is 0 Å². The molecule has 0 saturated heterocycles. The Morgan fingerprint density at radius 2 is 1.92 bits per heavy atom. The van der Waals surface area contributed by atoms with Crippen LogP contribution in [0.5, 0.6) is 0 Å². The van der Waals surface area contributed by atoms with Crippen LogP contribution >= 0.6 is 11.6 Å². The lowest BCUT2D eigenvalue weighted by molar-refractivity contribution is -0.383. The van der Waals surface area contributed by atoms with Gasteiger partial charge in [-0.2, -0.15) is 0 Å². The molecule has 0 fully saturated rings. The Hall–Kier alpha value is -2.44. The van der Waals surface area contributed by atoms with E-state index in [4.69, 9.17) is 11.6 Å². The SMILES string of the molecule is CC(C)N(CC(=O)Nc1ccc(Cl)cc1[N+](=O)[O-])Cc1ccccc1. The van der Waals surface area contributed by atoms with Crippen LogP contribution in [0, 0.1) is 10.1 Å². The Kier molecular flexibility index (Phi) is 6.50. The van der Waals surface area contributed by atoms with Crippen LogP contribution < -0.4 is 5.32 Å². The molecular weight excluding hydrogens is 342 g/mol. The molecule has 0 aliphatic rings. The summed E-state index contributed by atoms with van der Waals surface area (Å²) in [6.45, 7) is 4.75. The molecule has 0 radical (unpaired) electrons. The van der Waals surface area contributed by atoms with Gasteiger partial charge in [0.25, 0.3) is 5.69 Å². The Morgan fingerprint density at radius 1 is 1.24 bits per heavy atom. The van der Waals surface area contributed by atoms with Crippen molar-refractivity contribution in [1.82, 2.24) is 4.90 Å². The van der Waals surface area contributed by atoms with E-state index in [1.54, 1.807) is 0 Å². The minimum atomic E-state index is -0.564. The van der Waals surface area contributed by atoms with Crippen LogP contribution in [-0.2, 0) is 11.3 Å². The molecule has 0 atom stereocenters. The molecule has 1 N–H and O–H groups in total. The number of halogens is 1.